The standard InChI is InChI=1S/C21H24FN3O4S/c1-15(24-30(28,29)19-10-3-2-9-18(19)22)21(27)23-14-16-7-6-8-17(13-16)25-12-5-4-11-20(25)26/h2-3,6-10,13,15,24H,4-5,11-12,14H2,1H3,(H,23,27)/t15-/m0/s1. The molecule has 3 rings (SSSR count). The summed E-state index contributed by atoms with van der Waals surface area (Å²) in [5.74, 6) is -1.35. The number of sulfonamides is 1. The summed E-state index contributed by atoms with van der Waals surface area (Å²) in [6.07, 6.45) is 2.37. The lowest BCUT2D eigenvalue weighted by Gasteiger charge is -2.27. The number of hydrogen-bond acceptors (Lipinski definition) is 4. The third-order valence-corrected chi connectivity index (χ3v) is 6.44. The van der Waals surface area contributed by atoms with Crippen LogP contribution in [-0.4, -0.2) is 32.8 Å². The zero-order valence-corrected chi connectivity index (χ0v) is 17.4. The van der Waals surface area contributed by atoms with Gasteiger partial charge >= 0.3 is 0 Å². The quantitative estimate of drug-likeness (QED) is 0.701. The van der Waals surface area contributed by atoms with Crippen LogP contribution in [0, 0.1) is 5.82 Å². The molecule has 1 aliphatic heterocycles. The molecule has 1 saturated heterocycles. The number of rotatable bonds is 7. The highest BCUT2D eigenvalue weighted by Gasteiger charge is 2.24. The van der Waals surface area contributed by atoms with Crippen LogP contribution in [0.3, 0.4) is 0 Å². The van der Waals surface area contributed by atoms with Gasteiger partial charge in [-0.05, 0) is 49.6 Å². The fraction of sp³-hybridized carbons (Fsp3) is 0.333. The molecule has 0 saturated carbocycles. The summed E-state index contributed by atoms with van der Waals surface area (Å²) in [6, 6.07) is 11.2. The molecule has 0 unspecified atom stereocenters. The summed E-state index contributed by atoms with van der Waals surface area (Å²) < 4.78 is 40.6. The Morgan fingerprint density at radius 2 is 1.93 bits per heavy atom. The largest absolute Gasteiger partial charge is 0.351 e. The van der Waals surface area contributed by atoms with E-state index in [2.05, 4.69) is 10.0 Å². The van der Waals surface area contributed by atoms with Crippen molar-refractivity contribution in [1.29, 1.82) is 0 Å². The first-order valence-electron chi connectivity index (χ1n) is 9.72. The number of piperidine rings is 1. The van der Waals surface area contributed by atoms with E-state index in [1.54, 1.807) is 4.90 Å². The third-order valence-electron chi connectivity index (χ3n) is 4.86. The van der Waals surface area contributed by atoms with Crippen LogP contribution in [-0.2, 0) is 26.2 Å². The topological polar surface area (TPSA) is 95.6 Å². The Hall–Kier alpha value is -2.78. The van der Waals surface area contributed by atoms with Crippen molar-refractivity contribution in [3.8, 4) is 0 Å². The highest BCUT2D eigenvalue weighted by molar-refractivity contribution is 7.89. The monoisotopic (exact) mass is 433 g/mol. The van der Waals surface area contributed by atoms with Gasteiger partial charge in [0.1, 0.15) is 10.7 Å². The number of amides is 2. The first kappa shape index (κ1) is 21.9. The Balaban J connectivity index is 1.61. The molecule has 0 bridgehead atoms. The van der Waals surface area contributed by atoms with Gasteiger partial charge in [-0.25, -0.2) is 12.8 Å². The van der Waals surface area contributed by atoms with Crippen LogP contribution in [0.4, 0.5) is 10.1 Å². The summed E-state index contributed by atoms with van der Waals surface area (Å²) in [4.78, 5) is 25.7. The molecule has 1 fully saturated rings. The van der Waals surface area contributed by atoms with Crippen molar-refractivity contribution in [3.63, 3.8) is 0 Å². The van der Waals surface area contributed by atoms with Crippen molar-refractivity contribution in [2.24, 2.45) is 0 Å². The third kappa shape index (κ3) is 5.22. The molecule has 0 radical (unpaired) electrons. The predicted octanol–water partition coefficient (Wildman–Crippen LogP) is 2.33. The SMILES string of the molecule is C[C@H](NS(=O)(=O)c1ccccc1F)C(=O)NCc1cccc(N2CCCCC2=O)c1. The molecule has 2 aromatic rings. The van der Waals surface area contributed by atoms with Gasteiger partial charge in [-0.1, -0.05) is 24.3 Å². The van der Waals surface area contributed by atoms with Crippen LogP contribution in [0.2, 0.25) is 0 Å². The van der Waals surface area contributed by atoms with E-state index in [0.717, 1.165) is 36.2 Å². The number of carbonyl (C=O) groups is 2. The molecule has 30 heavy (non-hydrogen) atoms. The first-order valence-corrected chi connectivity index (χ1v) is 11.2. The van der Waals surface area contributed by atoms with Crippen LogP contribution in [0.15, 0.2) is 53.4 Å². The predicted molar refractivity (Wildman–Crippen MR) is 111 cm³/mol. The van der Waals surface area contributed by atoms with Gasteiger partial charge in [-0.15, -0.1) is 0 Å². The van der Waals surface area contributed by atoms with Crippen molar-refractivity contribution < 1.29 is 22.4 Å². The smallest absolute Gasteiger partial charge is 0.244 e. The number of halogens is 1. The second kappa shape index (κ2) is 9.36. The van der Waals surface area contributed by atoms with Crippen molar-refractivity contribution >= 4 is 27.5 Å². The summed E-state index contributed by atoms with van der Waals surface area (Å²) in [5.41, 5.74) is 1.56. The molecule has 7 nitrogen and oxygen atoms in total. The Morgan fingerprint density at radius 3 is 2.67 bits per heavy atom. The molecule has 0 aromatic heterocycles. The minimum atomic E-state index is -4.18. The maximum Gasteiger partial charge on any atom is 0.244 e. The van der Waals surface area contributed by atoms with E-state index in [1.807, 2.05) is 24.3 Å². The number of nitrogens with zero attached hydrogens (tertiary/aromatic N) is 1. The zero-order valence-electron chi connectivity index (χ0n) is 16.6. The van der Waals surface area contributed by atoms with E-state index in [1.165, 1.54) is 19.1 Å². The number of benzene rings is 2. The molecule has 9 heteroatoms. The molecule has 160 valence electrons. The molecule has 2 amide bonds. The molecule has 0 spiro atoms. The summed E-state index contributed by atoms with van der Waals surface area (Å²) in [7, 11) is -4.18. The van der Waals surface area contributed by atoms with Crippen LogP contribution >= 0.6 is 0 Å². The number of anilines is 1. The van der Waals surface area contributed by atoms with Gasteiger partial charge in [-0.3, -0.25) is 9.59 Å². The highest BCUT2D eigenvalue weighted by atomic mass is 32.2. The zero-order chi connectivity index (χ0) is 21.7. The minimum absolute atomic E-state index is 0.0820. The fourth-order valence-electron chi connectivity index (χ4n) is 3.27. The Morgan fingerprint density at radius 1 is 1.17 bits per heavy atom. The van der Waals surface area contributed by atoms with E-state index in [-0.39, 0.29) is 12.5 Å². The van der Waals surface area contributed by atoms with Crippen molar-refractivity contribution in [1.82, 2.24) is 10.0 Å². The summed E-state index contributed by atoms with van der Waals surface area (Å²) in [5, 5.41) is 2.67. The highest BCUT2D eigenvalue weighted by Crippen LogP contribution is 2.22. The van der Waals surface area contributed by atoms with Crippen LogP contribution < -0.4 is 14.9 Å². The van der Waals surface area contributed by atoms with Gasteiger partial charge in [-0.2, -0.15) is 4.72 Å². The normalized spacial score (nSPS) is 15.7. The second-order valence-corrected chi connectivity index (χ2v) is 8.85. The van der Waals surface area contributed by atoms with Gasteiger partial charge in [0.05, 0.1) is 6.04 Å². The van der Waals surface area contributed by atoms with E-state index < -0.39 is 32.7 Å². The minimum Gasteiger partial charge on any atom is -0.351 e. The average molecular weight is 434 g/mol. The van der Waals surface area contributed by atoms with Gasteiger partial charge < -0.3 is 10.2 Å². The lowest BCUT2D eigenvalue weighted by Crippen LogP contribution is -2.44. The van der Waals surface area contributed by atoms with Crippen LogP contribution in [0.1, 0.15) is 31.7 Å². The van der Waals surface area contributed by atoms with Crippen LogP contribution in [0.25, 0.3) is 0 Å². The molecule has 1 heterocycles. The Labute approximate surface area is 175 Å². The van der Waals surface area contributed by atoms with Gasteiger partial charge in [0.2, 0.25) is 21.8 Å². The second-order valence-electron chi connectivity index (χ2n) is 7.16. The van der Waals surface area contributed by atoms with Gasteiger partial charge in [0.25, 0.3) is 0 Å². The molecule has 2 N–H and O–H groups in total. The number of hydrogen-bond donors (Lipinski definition) is 2. The molecule has 1 aliphatic rings. The van der Waals surface area contributed by atoms with Crippen molar-refractivity contribution in [2.75, 3.05) is 11.4 Å². The van der Waals surface area contributed by atoms with Crippen LogP contribution in [0.5, 0.6) is 0 Å². The molecule has 0 aliphatic carbocycles. The maximum atomic E-state index is 13.8. The van der Waals surface area contributed by atoms with E-state index in [9.17, 15) is 22.4 Å². The van der Waals surface area contributed by atoms with Crippen molar-refractivity contribution in [2.45, 2.75) is 43.7 Å². The average Bonchev–Trinajstić information content (AvgIpc) is 2.72. The Kier molecular flexibility index (Phi) is 6.84. The molecular weight excluding hydrogens is 409 g/mol. The maximum absolute atomic E-state index is 13.8. The van der Waals surface area contributed by atoms with E-state index in [0.29, 0.717) is 13.0 Å². The lowest BCUT2D eigenvalue weighted by atomic mass is 10.1. The Bertz CT molecular complexity index is 1040. The van der Waals surface area contributed by atoms with Gasteiger partial charge in [0.15, 0.2) is 0 Å². The lowest BCUT2D eigenvalue weighted by molar-refractivity contribution is -0.122. The molecule has 1 atom stereocenters. The number of carbonyl (C=O) groups excluding carboxylic acids is 2. The summed E-state index contributed by atoms with van der Waals surface area (Å²) in [6.45, 7) is 2.22. The fourth-order valence-corrected chi connectivity index (χ4v) is 4.55. The molecular formula is C21H24FN3O4S. The van der Waals surface area contributed by atoms with Crippen molar-refractivity contribution in [3.05, 3.63) is 59.9 Å². The summed E-state index contributed by atoms with van der Waals surface area (Å²) >= 11 is 0. The van der Waals surface area contributed by atoms with E-state index in [4.69, 9.17) is 0 Å². The van der Waals surface area contributed by atoms with E-state index >= 15 is 0 Å². The first-order chi connectivity index (χ1) is 14.3. The molecule has 2 aromatic carbocycles. The van der Waals surface area contributed by atoms with Gasteiger partial charge in [0, 0.05) is 25.2 Å². The number of nitrogens with one attached hydrogen (secondary N) is 2.